The van der Waals surface area contributed by atoms with Crippen molar-refractivity contribution in [3.63, 3.8) is 0 Å². The van der Waals surface area contributed by atoms with Crippen LogP contribution < -0.4 is 0 Å². The fourth-order valence-electron chi connectivity index (χ4n) is 1.84. The molecule has 1 aliphatic rings. The average molecular weight is 211 g/mol. The number of carbonyl (C=O) groups excluding carboxylic acids is 1. The maximum atomic E-state index is 11.6. The van der Waals surface area contributed by atoms with Gasteiger partial charge in [-0.3, -0.25) is 4.79 Å². The first-order valence-electron chi connectivity index (χ1n) is 5.18. The van der Waals surface area contributed by atoms with Gasteiger partial charge in [-0.2, -0.15) is 0 Å². The monoisotopic (exact) mass is 211 g/mol. The number of likely N-dealkylation sites (tertiary alicyclic amines) is 1. The molecule has 15 heavy (non-hydrogen) atoms. The topological polar surface area (TPSA) is 62.1 Å². The van der Waals surface area contributed by atoms with E-state index >= 15 is 0 Å². The lowest BCUT2D eigenvalue weighted by Crippen LogP contribution is -2.48. The molecule has 84 valence electrons. The first-order chi connectivity index (χ1) is 7.01. The third-order valence-electron chi connectivity index (χ3n) is 2.79. The summed E-state index contributed by atoms with van der Waals surface area (Å²) in [5, 5.41) is 6.12. The minimum absolute atomic E-state index is 0.272. The van der Waals surface area contributed by atoms with Crippen LogP contribution in [0.25, 0.3) is 0 Å². The SMILES string of the molecule is CC/C(=N/N=O)N1CCC(=O)C(C)(C)C1. The maximum absolute atomic E-state index is 11.6. The highest BCUT2D eigenvalue weighted by atomic mass is 16.3. The number of amidine groups is 1. The minimum atomic E-state index is -0.350. The molecule has 0 aliphatic carbocycles. The zero-order valence-electron chi connectivity index (χ0n) is 9.49. The van der Waals surface area contributed by atoms with E-state index in [0.717, 1.165) is 0 Å². The van der Waals surface area contributed by atoms with Crippen LogP contribution in [0.15, 0.2) is 10.4 Å². The van der Waals surface area contributed by atoms with Crippen molar-refractivity contribution < 1.29 is 4.79 Å². The van der Waals surface area contributed by atoms with Crippen LogP contribution in [0.4, 0.5) is 0 Å². The largest absolute Gasteiger partial charge is 0.357 e. The van der Waals surface area contributed by atoms with E-state index in [4.69, 9.17) is 0 Å². The normalized spacial score (nSPS) is 21.7. The number of ketones is 1. The molecule has 0 saturated carbocycles. The molecule has 0 N–H and O–H groups in total. The lowest BCUT2D eigenvalue weighted by atomic mass is 9.82. The van der Waals surface area contributed by atoms with Crippen LogP contribution in [-0.4, -0.2) is 29.6 Å². The molecule has 0 atom stereocenters. The molecule has 0 spiro atoms. The van der Waals surface area contributed by atoms with Gasteiger partial charge in [-0.1, -0.05) is 25.9 Å². The summed E-state index contributed by atoms with van der Waals surface area (Å²) in [5.41, 5.74) is -0.350. The van der Waals surface area contributed by atoms with Crippen LogP contribution in [0, 0.1) is 10.3 Å². The number of nitroso groups, excluding NO2 is 1. The Morgan fingerprint density at radius 1 is 1.53 bits per heavy atom. The van der Waals surface area contributed by atoms with Crippen molar-refractivity contribution in [1.29, 1.82) is 0 Å². The van der Waals surface area contributed by atoms with Gasteiger partial charge in [0.2, 0.25) is 0 Å². The first-order valence-corrected chi connectivity index (χ1v) is 5.18. The van der Waals surface area contributed by atoms with Crippen molar-refractivity contribution in [2.24, 2.45) is 15.8 Å². The molecule has 0 aromatic heterocycles. The Balaban J connectivity index is 2.78. The van der Waals surface area contributed by atoms with Gasteiger partial charge in [0.15, 0.2) is 0 Å². The summed E-state index contributed by atoms with van der Waals surface area (Å²) in [6.07, 6.45) is 1.18. The molecule has 1 rings (SSSR count). The van der Waals surface area contributed by atoms with Gasteiger partial charge in [-0.15, -0.1) is 4.91 Å². The Labute approximate surface area is 89.5 Å². The van der Waals surface area contributed by atoms with Gasteiger partial charge in [-0.25, -0.2) is 0 Å². The predicted octanol–water partition coefficient (Wildman–Crippen LogP) is 1.78. The minimum Gasteiger partial charge on any atom is -0.357 e. The van der Waals surface area contributed by atoms with Gasteiger partial charge in [-0.05, 0) is 0 Å². The standard InChI is InChI=1S/C10H17N3O2/c1-4-9(11-12-15)13-6-5-8(14)10(2,3)7-13/h4-7H2,1-3H3/b11-9-. The summed E-state index contributed by atoms with van der Waals surface area (Å²) >= 11 is 0. The van der Waals surface area contributed by atoms with Gasteiger partial charge in [0.05, 0.1) is 5.29 Å². The van der Waals surface area contributed by atoms with Crippen molar-refractivity contribution in [2.45, 2.75) is 33.6 Å². The summed E-state index contributed by atoms with van der Waals surface area (Å²) in [4.78, 5) is 23.7. The predicted molar refractivity (Wildman–Crippen MR) is 58.5 cm³/mol. The number of Topliss-reactive ketones (excluding diaryl/α,β-unsaturated/α-hetero) is 1. The van der Waals surface area contributed by atoms with Crippen LogP contribution in [-0.2, 0) is 4.79 Å². The van der Waals surface area contributed by atoms with Crippen molar-refractivity contribution in [1.82, 2.24) is 4.90 Å². The molecule has 0 unspecified atom stereocenters. The van der Waals surface area contributed by atoms with Gasteiger partial charge in [0.1, 0.15) is 11.6 Å². The number of piperidine rings is 1. The lowest BCUT2D eigenvalue weighted by Gasteiger charge is -2.37. The second-order valence-corrected chi connectivity index (χ2v) is 4.43. The maximum Gasteiger partial charge on any atom is 0.142 e. The summed E-state index contributed by atoms with van der Waals surface area (Å²) in [6, 6.07) is 0. The first kappa shape index (κ1) is 11.8. The number of carbonyl (C=O) groups is 1. The Morgan fingerprint density at radius 3 is 2.67 bits per heavy atom. The van der Waals surface area contributed by atoms with Crippen LogP contribution >= 0.6 is 0 Å². The third kappa shape index (κ3) is 2.61. The quantitative estimate of drug-likeness (QED) is 0.303. The van der Waals surface area contributed by atoms with E-state index in [1.165, 1.54) is 0 Å². The Bertz CT molecular complexity index is 297. The Morgan fingerprint density at radius 2 is 2.20 bits per heavy atom. The summed E-state index contributed by atoms with van der Waals surface area (Å²) in [7, 11) is 0. The van der Waals surface area contributed by atoms with Gasteiger partial charge >= 0.3 is 0 Å². The van der Waals surface area contributed by atoms with E-state index in [9.17, 15) is 9.70 Å². The molecule has 0 amide bonds. The molecule has 0 radical (unpaired) electrons. The van der Waals surface area contributed by atoms with Crippen LogP contribution in [0.2, 0.25) is 0 Å². The third-order valence-corrected chi connectivity index (χ3v) is 2.79. The average Bonchev–Trinajstić information content (AvgIpc) is 2.18. The second kappa shape index (κ2) is 4.51. The Kier molecular flexibility index (Phi) is 3.55. The van der Waals surface area contributed by atoms with E-state index in [0.29, 0.717) is 31.8 Å². The number of rotatable bonds is 2. The van der Waals surface area contributed by atoms with Crippen molar-refractivity contribution in [3.05, 3.63) is 4.91 Å². The fourth-order valence-corrected chi connectivity index (χ4v) is 1.84. The second-order valence-electron chi connectivity index (χ2n) is 4.43. The molecule has 5 nitrogen and oxygen atoms in total. The fraction of sp³-hybridized carbons (Fsp3) is 0.800. The van der Waals surface area contributed by atoms with Crippen molar-refractivity contribution in [2.75, 3.05) is 13.1 Å². The summed E-state index contributed by atoms with van der Waals surface area (Å²) in [6.45, 7) is 7.03. The van der Waals surface area contributed by atoms with E-state index in [2.05, 4.69) is 10.4 Å². The molecular weight excluding hydrogens is 194 g/mol. The highest BCUT2D eigenvalue weighted by molar-refractivity contribution is 5.89. The molecule has 1 fully saturated rings. The number of hydrogen-bond acceptors (Lipinski definition) is 3. The molecule has 5 heteroatoms. The zero-order chi connectivity index (χ0) is 11.5. The van der Waals surface area contributed by atoms with Crippen molar-refractivity contribution >= 4 is 11.6 Å². The summed E-state index contributed by atoms with van der Waals surface area (Å²) < 4.78 is 0. The number of hydrogen-bond donors (Lipinski definition) is 0. The van der Waals surface area contributed by atoms with Crippen LogP contribution in [0.3, 0.4) is 0 Å². The molecule has 1 heterocycles. The smallest absolute Gasteiger partial charge is 0.142 e. The lowest BCUT2D eigenvalue weighted by molar-refractivity contribution is -0.130. The Hall–Kier alpha value is -1.26. The van der Waals surface area contributed by atoms with Gasteiger partial charge in [0, 0.05) is 31.3 Å². The van der Waals surface area contributed by atoms with Crippen molar-refractivity contribution in [3.8, 4) is 0 Å². The molecule has 0 aromatic rings. The molecular formula is C10H17N3O2. The van der Waals surface area contributed by atoms with Crippen LogP contribution in [0.5, 0.6) is 0 Å². The van der Waals surface area contributed by atoms with Gasteiger partial charge < -0.3 is 4.90 Å². The van der Waals surface area contributed by atoms with E-state index < -0.39 is 0 Å². The highest BCUT2D eigenvalue weighted by Gasteiger charge is 2.35. The van der Waals surface area contributed by atoms with Crippen LogP contribution in [0.1, 0.15) is 33.6 Å². The van der Waals surface area contributed by atoms with E-state index in [1.54, 1.807) is 0 Å². The van der Waals surface area contributed by atoms with E-state index in [-0.39, 0.29) is 11.2 Å². The molecule has 0 aromatic carbocycles. The molecule has 0 bridgehead atoms. The zero-order valence-corrected chi connectivity index (χ0v) is 9.49. The molecule has 1 aliphatic heterocycles. The highest BCUT2D eigenvalue weighted by Crippen LogP contribution is 2.25. The van der Waals surface area contributed by atoms with Gasteiger partial charge in [0.25, 0.3) is 0 Å². The van der Waals surface area contributed by atoms with E-state index in [1.807, 2.05) is 25.7 Å². The summed E-state index contributed by atoms with van der Waals surface area (Å²) in [5.74, 6) is 0.943. The molecule has 1 saturated heterocycles. The number of nitrogens with zero attached hydrogens (tertiary/aromatic N) is 3.